The molecule has 14 heteroatoms. The first-order valence-corrected chi connectivity index (χ1v) is 21.4. The number of aromatic nitrogens is 1. The van der Waals surface area contributed by atoms with Gasteiger partial charge in [-0.15, -0.1) is 0 Å². The number of fused-ring (bicyclic) bond motifs is 6. The van der Waals surface area contributed by atoms with E-state index in [4.69, 9.17) is 18.9 Å². The van der Waals surface area contributed by atoms with E-state index < -0.39 is 57.4 Å². The molecular formula is C46H57N5O9. The second-order valence-corrected chi connectivity index (χ2v) is 18.3. The zero-order valence-electron chi connectivity index (χ0n) is 35.7. The molecule has 60 heavy (non-hydrogen) atoms. The molecule has 1 aliphatic carbocycles. The number of nitrogens with zero attached hydrogens (tertiary/aromatic N) is 4. The largest absolute Gasteiger partial charge is 0.496 e. The van der Waals surface area contributed by atoms with E-state index in [9.17, 15) is 19.6 Å². The normalized spacial score (nSPS) is 36.5. The molecule has 2 aromatic carbocycles. The Morgan fingerprint density at radius 2 is 1.75 bits per heavy atom. The van der Waals surface area contributed by atoms with Crippen LogP contribution in [0.1, 0.15) is 75.3 Å². The van der Waals surface area contributed by atoms with Crippen molar-refractivity contribution in [2.24, 2.45) is 16.5 Å². The molecule has 9 rings (SSSR count). The Kier molecular flexibility index (Phi) is 9.57. The number of carbonyl (C=O) groups is 3. The number of hydrogen-bond acceptors (Lipinski definition) is 13. The number of aliphatic hydroxyl groups is 1. The molecule has 2 bridgehead atoms. The number of carbonyl (C=O) groups excluding carboxylic acids is 3. The first-order valence-electron chi connectivity index (χ1n) is 21.4. The lowest BCUT2D eigenvalue weighted by atomic mass is 9.47. The summed E-state index contributed by atoms with van der Waals surface area (Å²) in [5.41, 5.74) is -1.70. The SMILES string of the molecule is CC[C@]1(N=O)C[C@@H]2CN(CCc3c([nH]c4ccccc34)[C@@](C(=O)OC)(c3cc4c(cc3OC)N(C)C3[C@]45CCN4CC=C[C@](CC)(C45)[C@@H](OC(C)=O)[C@]3(O)C(=O)OC)C2)C1. The molecule has 1 spiro atoms. The van der Waals surface area contributed by atoms with E-state index >= 15 is 4.79 Å². The number of para-hydroxylation sites is 1. The van der Waals surface area contributed by atoms with Crippen LogP contribution in [0.3, 0.4) is 0 Å². The first-order chi connectivity index (χ1) is 28.8. The van der Waals surface area contributed by atoms with Gasteiger partial charge in [-0.2, -0.15) is 4.91 Å². The Morgan fingerprint density at radius 3 is 2.43 bits per heavy atom. The maximum atomic E-state index is 15.4. The van der Waals surface area contributed by atoms with Crippen LogP contribution in [-0.2, 0) is 45.8 Å². The Hall–Kier alpha value is -4.79. The number of methoxy groups -OCH3 is 3. The van der Waals surface area contributed by atoms with Crippen LogP contribution in [0, 0.1) is 16.2 Å². The van der Waals surface area contributed by atoms with Crippen molar-refractivity contribution in [3.05, 3.63) is 75.8 Å². The number of likely N-dealkylation sites (N-methyl/N-ethyl adjacent to an activating group) is 1. The number of benzene rings is 2. The number of esters is 3. The van der Waals surface area contributed by atoms with Gasteiger partial charge >= 0.3 is 17.9 Å². The molecule has 3 fully saturated rings. The predicted molar refractivity (Wildman–Crippen MR) is 224 cm³/mol. The fourth-order valence-electron chi connectivity index (χ4n) is 13.6. The number of nitroso groups, excluding NO2 is 1. The van der Waals surface area contributed by atoms with Crippen LogP contribution < -0.4 is 9.64 Å². The van der Waals surface area contributed by atoms with Crippen LogP contribution in [0.15, 0.2) is 53.7 Å². The average Bonchev–Trinajstić information content (AvgIpc) is 3.92. The Morgan fingerprint density at radius 1 is 0.983 bits per heavy atom. The molecule has 10 atom stereocenters. The van der Waals surface area contributed by atoms with Crippen molar-refractivity contribution < 1.29 is 38.4 Å². The number of nitrogens with one attached hydrogen (secondary N) is 1. The molecule has 2 N–H and O–H groups in total. The quantitative estimate of drug-likeness (QED) is 0.139. The maximum absolute atomic E-state index is 15.4. The van der Waals surface area contributed by atoms with Gasteiger partial charge in [-0.1, -0.05) is 49.4 Å². The highest BCUT2D eigenvalue weighted by atomic mass is 16.6. The smallest absolute Gasteiger partial charge is 0.344 e. The maximum Gasteiger partial charge on any atom is 0.344 e. The van der Waals surface area contributed by atoms with Gasteiger partial charge in [-0.3, -0.25) is 14.5 Å². The fourth-order valence-corrected chi connectivity index (χ4v) is 13.6. The lowest BCUT2D eigenvalue weighted by Gasteiger charge is -2.63. The van der Waals surface area contributed by atoms with Crippen molar-refractivity contribution in [2.75, 3.05) is 66.0 Å². The molecule has 2 saturated heterocycles. The topological polar surface area (TPSA) is 163 Å². The standard InChI is InChI=1S/C46H57N5O9/c1-8-42(48-56)23-28-24-45(40(53)58-6,36-30(15-19-50(25-28)26-42)29-13-10-11-14-33(29)47-36)32-21-31-34(22-35(32)57-5)49(4)38-44(31)17-20-51-18-12-16-43(9-2,37(44)51)39(60-27(3)52)46(38,55)41(54)59-7/h10-14,16,21-22,28,37-39,47,55H,8-9,15,17-20,23-26H2,1-7H3/t28-,37?,38?,39+,42-,43+,44+,45-,46-/m0/s1. The van der Waals surface area contributed by atoms with E-state index in [2.05, 4.69) is 32.1 Å². The molecule has 1 aromatic heterocycles. The van der Waals surface area contributed by atoms with Crippen molar-refractivity contribution in [1.29, 1.82) is 0 Å². The van der Waals surface area contributed by atoms with Gasteiger partial charge in [0.2, 0.25) is 5.60 Å². The highest BCUT2D eigenvalue weighted by Gasteiger charge is 2.80. The third-order valence-electron chi connectivity index (χ3n) is 15.8. The number of anilines is 1. The van der Waals surface area contributed by atoms with Crippen LogP contribution in [0.5, 0.6) is 5.75 Å². The number of hydrogen-bond donors (Lipinski definition) is 2. The molecule has 5 aliphatic heterocycles. The van der Waals surface area contributed by atoms with Gasteiger partial charge in [0.25, 0.3) is 0 Å². The van der Waals surface area contributed by atoms with E-state index in [0.29, 0.717) is 82.6 Å². The van der Waals surface area contributed by atoms with Crippen LogP contribution in [0.2, 0.25) is 0 Å². The van der Waals surface area contributed by atoms with E-state index in [1.807, 2.05) is 62.2 Å². The summed E-state index contributed by atoms with van der Waals surface area (Å²) < 4.78 is 23.9. The zero-order valence-corrected chi connectivity index (χ0v) is 35.7. The van der Waals surface area contributed by atoms with Gasteiger partial charge in [-0.05, 0) is 74.2 Å². The third-order valence-corrected chi connectivity index (χ3v) is 15.8. The second kappa shape index (κ2) is 14.1. The molecule has 0 radical (unpaired) electrons. The lowest BCUT2D eigenvalue weighted by Crippen LogP contribution is -2.81. The van der Waals surface area contributed by atoms with E-state index in [1.54, 1.807) is 7.11 Å². The summed E-state index contributed by atoms with van der Waals surface area (Å²) in [4.78, 5) is 65.9. The molecule has 3 aromatic rings. The van der Waals surface area contributed by atoms with Crippen molar-refractivity contribution >= 4 is 34.5 Å². The number of H-pyrrole nitrogens is 1. The van der Waals surface area contributed by atoms with Crippen molar-refractivity contribution in [3.8, 4) is 5.75 Å². The highest BCUT2D eigenvalue weighted by Crippen LogP contribution is 2.68. The number of piperidine rings is 1. The fraction of sp³-hybridized carbons (Fsp3) is 0.587. The molecular weight excluding hydrogens is 767 g/mol. The molecule has 6 heterocycles. The van der Waals surface area contributed by atoms with Crippen molar-refractivity contribution in [1.82, 2.24) is 14.8 Å². The molecule has 6 aliphatic rings. The Labute approximate surface area is 350 Å². The average molecular weight is 824 g/mol. The summed E-state index contributed by atoms with van der Waals surface area (Å²) in [5, 5.41) is 18.1. The van der Waals surface area contributed by atoms with Crippen LogP contribution in [0.4, 0.5) is 5.69 Å². The summed E-state index contributed by atoms with van der Waals surface area (Å²) in [5.74, 6) is -1.66. The van der Waals surface area contributed by atoms with Crippen LogP contribution in [0.25, 0.3) is 10.9 Å². The molecule has 320 valence electrons. The van der Waals surface area contributed by atoms with E-state index in [0.717, 1.165) is 33.4 Å². The Balaban J connectivity index is 1.36. The highest BCUT2D eigenvalue weighted by molar-refractivity contribution is 5.95. The third kappa shape index (κ3) is 5.13. The van der Waals surface area contributed by atoms with Gasteiger partial charge in [0.1, 0.15) is 16.7 Å². The second-order valence-electron chi connectivity index (χ2n) is 18.3. The van der Waals surface area contributed by atoms with Gasteiger partial charge < -0.3 is 38.8 Å². The zero-order chi connectivity index (χ0) is 42.6. The van der Waals surface area contributed by atoms with Crippen molar-refractivity contribution in [2.45, 2.75) is 99.5 Å². The van der Waals surface area contributed by atoms with Gasteiger partial charge in [0.05, 0.1) is 27.4 Å². The summed E-state index contributed by atoms with van der Waals surface area (Å²) in [6.45, 7) is 8.50. The Bertz CT molecular complexity index is 2310. The summed E-state index contributed by atoms with van der Waals surface area (Å²) in [6, 6.07) is 10.9. The number of rotatable bonds is 8. The summed E-state index contributed by atoms with van der Waals surface area (Å²) >= 11 is 0. The minimum absolute atomic E-state index is 0.138. The van der Waals surface area contributed by atoms with Crippen molar-refractivity contribution in [3.63, 3.8) is 0 Å². The minimum atomic E-state index is -2.31. The first kappa shape index (κ1) is 40.6. The summed E-state index contributed by atoms with van der Waals surface area (Å²) in [7, 11) is 6.11. The van der Waals surface area contributed by atoms with Crippen LogP contribution in [-0.4, -0.2) is 128 Å². The molecule has 3 unspecified atom stereocenters. The monoisotopic (exact) mass is 823 g/mol. The predicted octanol–water partition coefficient (Wildman–Crippen LogP) is 4.77. The van der Waals surface area contributed by atoms with Gasteiger partial charge in [0.15, 0.2) is 6.10 Å². The van der Waals surface area contributed by atoms with Crippen LogP contribution >= 0.6 is 0 Å². The lowest BCUT2D eigenvalue weighted by molar-refractivity contribution is -0.228. The van der Waals surface area contributed by atoms with E-state index in [-0.39, 0.29) is 12.0 Å². The molecule has 0 amide bonds. The minimum Gasteiger partial charge on any atom is -0.496 e. The number of ether oxygens (including phenoxy) is 4. The van der Waals surface area contributed by atoms with E-state index in [1.165, 1.54) is 21.1 Å². The number of aromatic amines is 1. The molecule has 1 saturated carbocycles. The van der Waals surface area contributed by atoms with Gasteiger partial charge in [0, 0.05) is 90.9 Å². The summed E-state index contributed by atoms with van der Waals surface area (Å²) in [6.07, 6.45) is 5.81. The molecule has 14 nitrogen and oxygen atoms in total. The van der Waals surface area contributed by atoms with Gasteiger partial charge in [-0.25, -0.2) is 4.79 Å².